The first-order valence-electron chi connectivity index (χ1n) is 31.6. The molecule has 0 radical (unpaired) electrons. The van der Waals surface area contributed by atoms with Gasteiger partial charge in [0.05, 0.1) is 59.5 Å². The van der Waals surface area contributed by atoms with Gasteiger partial charge in [-0.3, -0.25) is 0 Å². The summed E-state index contributed by atoms with van der Waals surface area (Å²) in [6.07, 6.45) is -94.3. The number of ether oxygens (including phenoxy) is 18. The molecule has 14 bridgehead atoms. The first kappa shape index (κ1) is 79.8. The first-order valence-corrected chi connectivity index (χ1v) is 31.6. The Labute approximate surface area is 558 Å². The third kappa shape index (κ3) is 16.0. The van der Waals surface area contributed by atoms with Crippen molar-refractivity contribution in [2.24, 2.45) is 0 Å². The summed E-state index contributed by atoms with van der Waals surface area (Å²) in [7, 11) is 0. The van der Waals surface area contributed by atoms with Gasteiger partial charge in [0, 0.05) is 0 Å². The molecule has 576 valence electrons. The zero-order chi connectivity index (χ0) is 72.1. The van der Waals surface area contributed by atoms with Crippen LogP contribution in [0.3, 0.4) is 0 Å². The van der Waals surface area contributed by atoms with Crippen LogP contribution in [0.25, 0.3) is 0 Å². The van der Waals surface area contributed by atoms with E-state index in [0.29, 0.717) is 0 Å². The largest absolute Gasteiger partial charge is 0.394 e. The lowest BCUT2D eigenvalue weighted by Crippen LogP contribution is -2.68. The summed E-state index contributed by atoms with van der Waals surface area (Å²) in [4.78, 5) is 0. The van der Waals surface area contributed by atoms with Crippen LogP contribution >= 0.6 is 0 Å². The summed E-state index contributed by atoms with van der Waals surface area (Å²) < 4.78 is 103. The predicted octanol–water partition coefficient (Wildman–Crippen LogP) is -19.6. The zero-order valence-corrected chi connectivity index (χ0v) is 51.8. The molecular weight excluding hydrogens is 1370 g/mol. The Hall–Kier alpha value is -1.80. The number of hydrogen-bond donors (Lipinski definition) is 27. The van der Waals surface area contributed by atoms with Crippen molar-refractivity contribution in [1.82, 2.24) is 0 Å². The molecule has 45 nitrogen and oxygen atoms in total. The Kier molecular flexibility index (Phi) is 27.4. The Bertz CT molecular complexity index is 2450. The smallest absolute Gasteiger partial charge is 0.187 e. The molecule has 45 heteroatoms. The summed E-state index contributed by atoms with van der Waals surface area (Å²) in [5.41, 5.74) is 0. The van der Waals surface area contributed by atoms with E-state index >= 15 is 0 Å². The van der Waals surface area contributed by atoms with Crippen LogP contribution in [0.5, 0.6) is 0 Å². The normalized spacial score (nSPS) is 55.1. The van der Waals surface area contributed by atoms with E-state index in [0.717, 1.165) is 0 Å². The molecule has 23 rings (SSSR count). The van der Waals surface area contributed by atoms with Crippen LogP contribution in [0.2, 0.25) is 0 Å². The lowest BCUT2D eigenvalue weighted by molar-refractivity contribution is -0.399. The molecular formula is C54H90O45. The SMILES string of the molecule is OC[C@H]1O[C@H](O[C@H]2[C@H](O)[C@@H](O)[C@@H](OC[C@@H]3O[C@@H]4O[C@H]5[C@H](O)[C@@H](O)[C@@H](O[C@H]6[C@H](O)[C@@H](O)[C@@H](O[C@H]7[C@H](O)[C@@H](O)[C@@H](O[C@H]8[C@H](O)[C@@H](O)[C@@H](O[C@H]9[C@H](O)[C@@H](O)[C@@H](O[C@H]%10[C@H](O)[C@@H](O)[C@@H](O[C@H]3[C@H](O)[C@H]4O)O[C@@H]%10CO)O[C@@H]9CO)O[C@@H]8CO)O[C@@H]7CO)O[C@@H]6CO)O[C@@H]5CO)O[C@@H]2CO)[C@H](O)[C@@H](O)[C@@H]1O. The van der Waals surface area contributed by atoms with Crippen molar-refractivity contribution in [2.75, 3.05) is 59.5 Å². The minimum absolute atomic E-state index is 0.906. The molecule has 23 saturated heterocycles. The molecule has 27 N–H and O–H groups in total. The average molecular weight is 1460 g/mol. The van der Waals surface area contributed by atoms with E-state index in [9.17, 15) is 138 Å². The van der Waals surface area contributed by atoms with Crippen LogP contribution in [-0.2, 0) is 85.3 Å². The molecule has 0 unspecified atom stereocenters. The maximum atomic E-state index is 12.0. The lowest BCUT2D eigenvalue weighted by Gasteiger charge is -2.50. The monoisotopic (exact) mass is 1460 g/mol. The van der Waals surface area contributed by atoms with Gasteiger partial charge in [-0.1, -0.05) is 0 Å². The molecule has 23 heterocycles. The fourth-order valence-corrected chi connectivity index (χ4v) is 13.3. The zero-order valence-electron chi connectivity index (χ0n) is 51.8. The summed E-state index contributed by atoms with van der Waals surface area (Å²) in [5, 5.41) is 299. The molecule has 0 aromatic heterocycles. The molecule has 0 aromatic carbocycles. The summed E-state index contributed by atoms with van der Waals surface area (Å²) >= 11 is 0. The molecule has 0 saturated carbocycles. The Morgan fingerprint density at radius 2 is 0.404 bits per heavy atom. The second-order valence-electron chi connectivity index (χ2n) is 25.3. The Morgan fingerprint density at radius 1 is 0.182 bits per heavy atom. The van der Waals surface area contributed by atoms with Gasteiger partial charge in [-0.25, -0.2) is 0 Å². The van der Waals surface area contributed by atoms with E-state index in [1.54, 1.807) is 0 Å². The van der Waals surface area contributed by atoms with Crippen molar-refractivity contribution in [1.29, 1.82) is 0 Å². The van der Waals surface area contributed by atoms with E-state index < -0.39 is 336 Å². The highest BCUT2D eigenvalue weighted by molar-refractivity contribution is 5.03. The Morgan fingerprint density at radius 3 is 0.657 bits per heavy atom. The molecule has 0 amide bonds. The van der Waals surface area contributed by atoms with Crippen molar-refractivity contribution in [2.45, 2.75) is 276 Å². The van der Waals surface area contributed by atoms with Gasteiger partial charge >= 0.3 is 0 Å². The molecule has 23 aliphatic heterocycles. The number of hydrogen-bond acceptors (Lipinski definition) is 45. The third-order valence-electron chi connectivity index (χ3n) is 19.0. The van der Waals surface area contributed by atoms with Crippen molar-refractivity contribution in [3.8, 4) is 0 Å². The quantitative estimate of drug-likeness (QED) is 0.0814. The molecule has 0 aromatic rings. The maximum absolute atomic E-state index is 12.0. The molecule has 99 heavy (non-hydrogen) atoms. The highest BCUT2D eigenvalue weighted by atomic mass is 16.8. The number of aliphatic hydroxyl groups is 27. The van der Waals surface area contributed by atoms with Crippen LogP contribution in [0.1, 0.15) is 0 Å². The predicted molar refractivity (Wildman–Crippen MR) is 294 cm³/mol. The van der Waals surface area contributed by atoms with Gasteiger partial charge in [-0.2, -0.15) is 0 Å². The van der Waals surface area contributed by atoms with Gasteiger partial charge in [0.15, 0.2) is 56.6 Å². The second-order valence-corrected chi connectivity index (χ2v) is 25.3. The van der Waals surface area contributed by atoms with E-state index in [4.69, 9.17) is 85.3 Å². The van der Waals surface area contributed by atoms with Gasteiger partial charge in [0.25, 0.3) is 0 Å². The van der Waals surface area contributed by atoms with Crippen molar-refractivity contribution in [3.63, 3.8) is 0 Å². The second kappa shape index (κ2) is 34.0. The van der Waals surface area contributed by atoms with Crippen LogP contribution in [0.4, 0.5) is 0 Å². The fourth-order valence-electron chi connectivity index (χ4n) is 13.3. The summed E-state index contributed by atoms with van der Waals surface area (Å²) in [6, 6.07) is 0. The van der Waals surface area contributed by atoms with Crippen LogP contribution in [0.15, 0.2) is 0 Å². The standard InChI is InChI=1S/C54H90O45/c55-1-10-19(63)20(64)29(73)47(83-10)92-38-11(2-56)84-46(30(74)21(38)65)82-9-18-45-28(72)37(81)54(91-18)98-44-17(8-62)89-52(35(79)26(44)70)96-42-15(6-60)87-50(33(77)24(42)68)94-40-13(4-58)85-48(31(75)22(40)66)93-39-12(3-57)86-49(32(76)23(39)67)95-41-14(5-59)88-51(34(78)25(41)69)97-43-16(7-61)90-53(99-45)36(80)27(43)71/h10-81H,1-9H2/t10-,11-,12-,13-,14-,15-,16-,17-,18+,19-,20+,21-,22-,23-,24-,25-,26-,27-,28-,29-,30-,31-,32-,33-,34-,35-,36-,37-,38-,39-,40-,41-,42-,43-,44-,45-,46+,47-,48-,49-,50-,51-,52-,53-,54-/m1/s1. The van der Waals surface area contributed by atoms with Crippen LogP contribution in [0, 0.1) is 0 Å². The Balaban J connectivity index is 0.938. The van der Waals surface area contributed by atoms with Crippen LogP contribution < -0.4 is 0 Å². The van der Waals surface area contributed by atoms with E-state index in [1.807, 2.05) is 0 Å². The van der Waals surface area contributed by atoms with E-state index in [2.05, 4.69) is 0 Å². The van der Waals surface area contributed by atoms with Crippen molar-refractivity contribution in [3.05, 3.63) is 0 Å². The fraction of sp³-hybridized carbons (Fsp3) is 1.00. The number of rotatable bonds is 13. The van der Waals surface area contributed by atoms with E-state index in [-0.39, 0.29) is 0 Å². The third-order valence-corrected chi connectivity index (χ3v) is 19.0. The average Bonchev–Trinajstić information content (AvgIpc) is 0.754. The lowest BCUT2D eigenvalue weighted by atomic mass is 9.95. The maximum Gasteiger partial charge on any atom is 0.187 e. The highest BCUT2D eigenvalue weighted by Gasteiger charge is 2.61. The topological polar surface area (TPSA) is 712 Å². The molecule has 0 spiro atoms. The van der Waals surface area contributed by atoms with Crippen LogP contribution in [-0.4, -0.2) is 474 Å². The van der Waals surface area contributed by atoms with Crippen molar-refractivity contribution < 1.29 is 223 Å². The van der Waals surface area contributed by atoms with Gasteiger partial charge in [-0.15, -0.1) is 0 Å². The van der Waals surface area contributed by atoms with Gasteiger partial charge in [0.1, 0.15) is 220 Å². The molecule has 23 fully saturated rings. The minimum Gasteiger partial charge on any atom is -0.394 e. The van der Waals surface area contributed by atoms with E-state index in [1.165, 1.54) is 0 Å². The summed E-state index contributed by atoms with van der Waals surface area (Å²) in [5.74, 6) is 0. The highest BCUT2D eigenvalue weighted by Crippen LogP contribution is 2.40. The minimum atomic E-state index is -2.43. The number of aliphatic hydroxyl groups excluding tert-OH is 27. The molecule has 0 aliphatic carbocycles. The molecule has 45 atom stereocenters. The van der Waals surface area contributed by atoms with Gasteiger partial charge in [0.2, 0.25) is 0 Å². The molecule has 23 aliphatic rings. The summed E-state index contributed by atoms with van der Waals surface area (Å²) in [6.45, 7) is -9.86. The van der Waals surface area contributed by atoms with Gasteiger partial charge in [-0.05, 0) is 0 Å². The van der Waals surface area contributed by atoms with Gasteiger partial charge < -0.3 is 223 Å². The first-order chi connectivity index (χ1) is 47.1. The van der Waals surface area contributed by atoms with Crippen molar-refractivity contribution >= 4 is 0 Å².